The van der Waals surface area contributed by atoms with E-state index >= 15 is 0 Å². The van der Waals surface area contributed by atoms with Gasteiger partial charge in [0.2, 0.25) is 0 Å². The maximum atomic E-state index is 12.2. The molecule has 0 aromatic heterocycles. The molecule has 0 saturated heterocycles. The SMILES string of the molecule is [2H]C1([2H])CCCC(N)(c2ccccc2Cl)C1=O.[2H]c1c([2H])c([2H])c(C2(N)CCCCC2=O)c(Cl)c1[2H]. The van der Waals surface area contributed by atoms with Crippen molar-refractivity contribution in [3.05, 3.63) is 69.6 Å². The molecule has 0 bridgehead atoms. The number of halogens is 2. The van der Waals surface area contributed by atoms with Gasteiger partial charge >= 0.3 is 0 Å². The van der Waals surface area contributed by atoms with Gasteiger partial charge in [-0.25, -0.2) is 0 Å². The van der Waals surface area contributed by atoms with Crippen molar-refractivity contribution in [2.24, 2.45) is 11.5 Å². The molecular formula is C24H28Cl2N2O2. The molecule has 4 rings (SSSR count). The fraction of sp³-hybridized carbons (Fsp3) is 0.417. The average Bonchev–Trinajstić information content (AvgIpc) is 2.83. The van der Waals surface area contributed by atoms with E-state index < -0.39 is 35.3 Å². The molecule has 0 amide bonds. The van der Waals surface area contributed by atoms with Gasteiger partial charge in [0.05, 0.1) is 5.48 Å². The molecule has 0 heterocycles. The maximum Gasteiger partial charge on any atom is 0.157 e. The monoisotopic (exact) mass is 452 g/mol. The Labute approximate surface area is 196 Å². The summed E-state index contributed by atoms with van der Waals surface area (Å²) in [5.74, 6) is -0.782. The van der Waals surface area contributed by atoms with E-state index in [1.807, 2.05) is 0 Å². The lowest BCUT2D eigenvalue weighted by atomic mass is 9.76. The van der Waals surface area contributed by atoms with Crippen molar-refractivity contribution in [1.29, 1.82) is 0 Å². The zero-order valence-electron chi connectivity index (χ0n) is 22.5. The molecule has 2 atom stereocenters. The van der Waals surface area contributed by atoms with E-state index in [1.54, 1.807) is 24.3 Å². The first-order valence-corrected chi connectivity index (χ1v) is 10.6. The Morgan fingerprint density at radius 1 is 0.833 bits per heavy atom. The average molecular weight is 453 g/mol. The van der Waals surface area contributed by atoms with Gasteiger partial charge in [0.25, 0.3) is 0 Å². The molecule has 0 spiro atoms. The smallest absolute Gasteiger partial charge is 0.157 e. The molecule has 30 heavy (non-hydrogen) atoms. The Balaban J connectivity index is 0.000000202. The van der Waals surface area contributed by atoms with Crippen molar-refractivity contribution in [2.45, 2.75) is 62.4 Å². The summed E-state index contributed by atoms with van der Waals surface area (Å²) in [6.07, 6.45) is 1.56. The second-order valence-corrected chi connectivity index (χ2v) is 8.39. The minimum Gasteiger partial charge on any atom is -0.315 e. The highest BCUT2D eigenvalue weighted by atomic mass is 35.5. The van der Waals surface area contributed by atoms with E-state index in [2.05, 4.69) is 0 Å². The molecular weight excluding hydrogens is 419 g/mol. The summed E-state index contributed by atoms with van der Waals surface area (Å²) in [5.41, 5.74) is 10.1. The number of hydrogen-bond acceptors (Lipinski definition) is 4. The number of benzene rings is 2. The van der Waals surface area contributed by atoms with Crippen LogP contribution < -0.4 is 11.5 Å². The van der Waals surface area contributed by atoms with Crippen molar-refractivity contribution in [3.63, 3.8) is 0 Å². The molecule has 4 nitrogen and oxygen atoms in total. The van der Waals surface area contributed by atoms with Crippen LogP contribution in [0, 0.1) is 0 Å². The van der Waals surface area contributed by atoms with Crippen LogP contribution in [0.4, 0.5) is 0 Å². The molecule has 2 aromatic carbocycles. The molecule has 6 heteroatoms. The highest BCUT2D eigenvalue weighted by Crippen LogP contribution is 2.36. The van der Waals surface area contributed by atoms with Gasteiger partial charge in [-0.1, -0.05) is 72.4 Å². The highest BCUT2D eigenvalue weighted by Gasteiger charge is 2.39. The summed E-state index contributed by atoms with van der Waals surface area (Å²) in [6.45, 7) is 0. The van der Waals surface area contributed by atoms with Crippen molar-refractivity contribution in [3.8, 4) is 0 Å². The highest BCUT2D eigenvalue weighted by molar-refractivity contribution is 6.32. The van der Waals surface area contributed by atoms with Crippen molar-refractivity contribution in [1.82, 2.24) is 0 Å². The van der Waals surface area contributed by atoms with Crippen LogP contribution in [0.1, 0.15) is 70.7 Å². The van der Waals surface area contributed by atoms with Gasteiger partial charge in [-0.15, -0.1) is 0 Å². The Morgan fingerprint density at radius 3 is 2.20 bits per heavy atom. The van der Waals surface area contributed by atoms with Gasteiger partial charge in [0.15, 0.2) is 11.6 Å². The van der Waals surface area contributed by atoms with Crippen molar-refractivity contribution >= 4 is 34.8 Å². The lowest BCUT2D eigenvalue weighted by Gasteiger charge is -2.32. The fourth-order valence-electron chi connectivity index (χ4n) is 3.84. The predicted octanol–water partition coefficient (Wildman–Crippen LogP) is 5.27. The van der Waals surface area contributed by atoms with Crippen LogP contribution >= 0.6 is 23.2 Å². The first-order valence-electron chi connectivity index (χ1n) is 12.9. The number of rotatable bonds is 2. The fourth-order valence-corrected chi connectivity index (χ4v) is 4.41. The predicted molar refractivity (Wildman–Crippen MR) is 122 cm³/mol. The minimum atomic E-state index is -1.85. The van der Waals surface area contributed by atoms with E-state index in [0.717, 1.165) is 12.8 Å². The third-order valence-electron chi connectivity index (χ3n) is 5.60. The molecule has 2 unspecified atom stereocenters. The van der Waals surface area contributed by atoms with Gasteiger partial charge < -0.3 is 11.5 Å². The molecule has 0 radical (unpaired) electrons. The van der Waals surface area contributed by atoms with E-state index in [0.29, 0.717) is 36.3 Å². The number of Topliss-reactive ketones (excluding diaryl/α,β-unsaturated/α-hetero) is 2. The van der Waals surface area contributed by atoms with E-state index in [4.69, 9.17) is 42.9 Å². The Kier molecular flexibility index (Phi) is 5.12. The minimum absolute atomic E-state index is 0.0323. The first kappa shape index (κ1) is 16.0. The lowest BCUT2D eigenvalue weighted by Crippen LogP contribution is -2.47. The van der Waals surface area contributed by atoms with Crippen LogP contribution in [-0.2, 0) is 20.7 Å². The number of ketones is 2. The van der Waals surface area contributed by atoms with Crippen molar-refractivity contribution in [2.75, 3.05) is 0 Å². The van der Waals surface area contributed by atoms with Gasteiger partial charge in [-0.05, 0) is 48.9 Å². The first-order chi connectivity index (χ1) is 16.7. The van der Waals surface area contributed by atoms with E-state index in [1.165, 1.54) is 0 Å². The summed E-state index contributed by atoms with van der Waals surface area (Å²) in [4.78, 5) is 24.3. The summed E-state index contributed by atoms with van der Waals surface area (Å²) in [6, 6.07) is 5.40. The number of hydrogen-bond donors (Lipinski definition) is 2. The van der Waals surface area contributed by atoms with Crippen molar-refractivity contribution < 1.29 is 17.8 Å². The third-order valence-corrected chi connectivity index (χ3v) is 6.22. The molecule has 2 aliphatic carbocycles. The Morgan fingerprint density at radius 2 is 1.47 bits per heavy atom. The van der Waals surface area contributed by atoms with Crippen LogP contribution in [-0.4, -0.2) is 11.6 Å². The second-order valence-electron chi connectivity index (χ2n) is 7.60. The molecule has 4 N–H and O–H groups in total. The maximum absolute atomic E-state index is 12.2. The summed E-state index contributed by atoms with van der Waals surface area (Å²) >= 11 is 12.1. The normalized spacial score (nSPS) is 31.2. The van der Waals surface area contributed by atoms with Crippen LogP contribution in [0.3, 0.4) is 0 Å². The van der Waals surface area contributed by atoms with Gasteiger partial charge in [0.1, 0.15) is 11.1 Å². The molecule has 2 aromatic rings. The van der Waals surface area contributed by atoms with Crippen LogP contribution in [0.2, 0.25) is 10.0 Å². The third kappa shape index (κ3) is 4.62. The summed E-state index contributed by atoms with van der Waals surface area (Å²) in [5, 5.41) is 0.268. The van der Waals surface area contributed by atoms with Gasteiger partial charge in [-0.3, -0.25) is 9.59 Å². The molecule has 0 aliphatic heterocycles. The molecule has 2 aliphatic rings. The lowest BCUT2D eigenvalue weighted by molar-refractivity contribution is -0.127. The largest absolute Gasteiger partial charge is 0.315 e. The quantitative estimate of drug-likeness (QED) is 0.648. The number of carbonyl (C=O) groups is 2. The van der Waals surface area contributed by atoms with Crippen LogP contribution in [0.5, 0.6) is 0 Å². The molecule has 2 saturated carbocycles. The van der Waals surface area contributed by atoms with Gasteiger partial charge in [-0.2, -0.15) is 0 Å². The summed E-state index contributed by atoms with van der Waals surface area (Å²) in [7, 11) is 0. The second kappa shape index (κ2) is 9.61. The Bertz CT molecular complexity index is 1180. The number of nitrogens with two attached hydrogens (primary N) is 2. The zero-order valence-corrected chi connectivity index (χ0v) is 18.0. The topological polar surface area (TPSA) is 86.2 Å². The molecule has 160 valence electrons. The van der Waals surface area contributed by atoms with E-state index in [-0.39, 0.29) is 34.9 Å². The summed E-state index contributed by atoms with van der Waals surface area (Å²) < 4.78 is 46.2. The van der Waals surface area contributed by atoms with Gasteiger partial charge in [0, 0.05) is 25.6 Å². The molecule has 2 fully saturated rings. The van der Waals surface area contributed by atoms with Crippen LogP contribution in [0.15, 0.2) is 48.4 Å². The van der Waals surface area contributed by atoms with Crippen LogP contribution in [0.25, 0.3) is 0 Å². The zero-order chi connectivity index (χ0) is 27.1. The standard InChI is InChI=1S/2C12H14ClNO/c2*13-10-6-2-1-5-9(10)12(14)8-4-3-7-11(12)15/h2*1-2,5-6H,3-4,7-8,14H2/i1D,2D,5D,6D;7D2. The van der Waals surface area contributed by atoms with E-state index in [9.17, 15) is 9.59 Å². The number of carbonyl (C=O) groups excluding carboxylic acids is 2. The Hall–Kier alpha value is -1.72.